The molecule has 0 bridgehead atoms. The van der Waals surface area contributed by atoms with Crippen LogP contribution in [0.5, 0.6) is 0 Å². The predicted octanol–water partition coefficient (Wildman–Crippen LogP) is 2.97. The van der Waals surface area contributed by atoms with Crippen LogP contribution in [0.1, 0.15) is 30.1 Å². The Morgan fingerprint density at radius 3 is 2.87 bits per heavy atom. The van der Waals surface area contributed by atoms with Gasteiger partial charge in [-0.3, -0.25) is 0 Å². The van der Waals surface area contributed by atoms with Crippen LogP contribution in [-0.2, 0) is 4.74 Å². The summed E-state index contributed by atoms with van der Waals surface area (Å²) >= 11 is 3.48. The Hall–Kier alpha value is -0.380. The standard InChI is InChI=1S/C12H15BrO2/c1-8-4-9(6-10(13)5-8)12-7-11(14)2-3-15-12/h4-6,11-12,14H,2-3,7H2,1H3. The maximum Gasteiger partial charge on any atom is 0.0850 e. The summed E-state index contributed by atoms with van der Waals surface area (Å²) in [6.45, 7) is 2.71. The van der Waals surface area contributed by atoms with Crippen LogP contribution in [0.15, 0.2) is 22.7 Å². The van der Waals surface area contributed by atoms with Crippen molar-refractivity contribution >= 4 is 15.9 Å². The van der Waals surface area contributed by atoms with Crippen LogP contribution in [0.3, 0.4) is 0 Å². The van der Waals surface area contributed by atoms with Gasteiger partial charge in [-0.2, -0.15) is 0 Å². The number of ether oxygens (including phenoxy) is 1. The molecule has 1 heterocycles. The van der Waals surface area contributed by atoms with Gasteiger partial charge in [-0.05, 0) is 36.6 Å². The van der Waals surface area contributed by atoms with Gasteiger partial charge in [0.25, 0.3) is 0 Å². The fourth-order valence-corrected chi connectivity index (χ4v) is 2.59. The van der Waals surface area contributed by atoms with Crippen LogP contribution in [0.4, 0.5) is 0 Å². The Balaban J connectivity index is 2.20. The largest absolute Gasteiger partial charge is 0.393 e. The first kappa shape index (κ1) is 11.1. The first-order valence-corrected chi connectivity index (χ1v) is 6.01. The third kappa shape index (κ3) is 2.80. The summed E-state index contributed by atoms with van der Waals surface area (Å²) in [6, 6.07) is 6.26. The summed E-state index contributed by atoms with van der Waals surface area (Å²) in [5.41, 5.74) is 2.36. The summed E-state index contributed by atoms with van der Waals surface area (Å²) in [5.74, 6) is 0. The fourth-order valence-electron chi connectivity index (χ4n) is 1.96. The van der Waals surface area contributed by atoms with Crippen molar-refractivity contribution in [2.75, 3.05) is 6.61 Å². The van der Waals surface area contributed by atoms with Gasteiger partial charge >= 0.3 is 0 Å². The Morgan fingerprint density at radius 2 is 2.20 bits per heavy atom. The van der Waals surface area contributed by atoms with E-state index in [0.29, 0.717) is 13.0 Å². The van der Waals surface area contributed by atoms with Gasteiger partial charge in [-0.25, -0.2) is 0 Å². The molecule has 2 unspecified atom stereocenters. The highest BCUT2D eigenvalue weighted by atomic mass is 79.9. The molecule has 0 radical (unpaired) electrons. The highest BCUT2D eigenvalue weighted by Gasteiger charge is 2.22. The van der Waals surface area contributed by atoms with Crippen molar-refractivity contribution in [1.82, 2.24) is 0 Å². The second-order valence-electron chi connectivity index (χ2n) is 4.10. The Kier molecular flexibility index (Phi) is 3.44. The minimum atomic E-state index is -0.219. The minimum absolute atomic E-state index is 0.0462. The maximum atomic E-state index is 9.59. The number of aliphatic hydroxyl groups is 1. The lowest BCUT2D eigenvalue weighted by Gasteiger charge is -2.27. The molecule has 1 N–H and O–H groups in total. The zero-order chi connectivity index (χ0) is 10.8. The molecular weight excluding hydrogens is 256 g/mol. The van der Waals surface area contributed by atoms with Crippen molar-refractivity contribution < 1.29 is 9.84 Å². The zero-order valence-corrected chi connectivity index (χ0v) is 10.3. The van der Waals surface area contributed by atoms with Crippen molar-refractivity contribution in [2.24, 2.45) is 0 Å². The normalized spacial score (nSPS) is 26.6. The maximum absolute atomic E-state index is 9.59. The summed E-state index contributed by atoms with van der Waals surface area (Å²) < 4.78 is 6.73. The van der Waals surface area contributed by atoms with Gasteiger partial charge < -0.3 is 9.84 Å². The van der Waals surface area contributed by atoms with Crippen LogP contribution >= 0.6 is 15.9 Å². The minimum Gasteiger partial charge on any atom is -0.393 e. The SMILES string of the molecule is Cc1cc(Br)cc(C2CC(O)CCO2)c1. The first-order chi connectivity index (χ1) is 7.15. The van der Waals surface area contributed by atoms with Crippen molar-refractivity contribution in [3.8, 4) is 0 Å². The van der Waals surface area contributed by atoms with Crippen LogP contribution in [0.25, 0.3) is 0 Å². The quantitative estimate of drug-likeness (QED) is 0.850. The smallest absolute Gasteiger partial charge is 0.0850 e. The summed E-state index contributed by atoms with van der Waals surface area (Å²) in [7, 11) is 0. The van der Waals surface area contributed by atoms with Gasteiger partial charge in [0.1, 0.15) is 0 Å². The molecule has 0 spiro atoms. The highest BCUT2D eigenvalue weighted by Crippen LogP contribution is 2.30. The molecule has 3 heteroatoms. The van der Waals surface area contributed by atoms with E-state index < -0.39 is 0 Å². The molecule has 1 fully saturated rings. The van der Waals surface area contributed by atoms with E-state index in [4.69, 9.17) is 4.74 Å². The van der Waals surface area contributed by atoms with Gasteiger partial charge in [0.05, 0.1) is 12.2 Å². The van der Waals surface area contributed by atoms with Crippen LogP contribution in [0.2, 0.25) is 0 Å². The number of rotatable bonds is 1. The van der Waals surface area contributed by atoms with E-state index in [1.54, 1.807) is 0 Å². The second-order valence-corrected chi connectivity index (χ2v) is 5.02. The number of aryl methyl sites for hydroxylation is 1. The number of aliphatic hydroxyl groups excluding tert-OH is 1. The van der Waals surface area contributed by atoms with Crippen molar-refractivity contribution in [2.45, 2.75) is 32.0 Å². The first-order valence-electron chi connectivity index (χ1n) is 5.22. The van der Waals surface area contributed by atoms with Crippen molar-refractivity contribution in [3.05, 3.63) is 33.8 Å². The molecule has 0 aliphatic carbocycles. The van der Waals surface area contributed by atoms with Gasteiger partial charge in [-0.1, -0.05) is 22.0 Å². The molecule has 15 heavy (non-hydrogen) atoms. The monoisotopic (exact) mass is 270 g/mol. The number of hydrogen-bond donors (Lipinski definition) is 1. The Bertz CT molecular complexity index is 331. The van der Waals surface area contributed by atoms with Gasteiger partial charge in [-0.15, -0.1) is 0 Å². The summed E-state index contributed by atoms with van der Waals surface area (Å²) in [6.07, 6.45) is 1.28. The van der Waals surface area contributed by atoms with E-state index in [2.05, 4.69) is 41.1 Å². The second kappa shape index (κ2) is 4.64. The third-order valence-corrected chi connectivity index (χ3v) is 3.15. The molecule has 1 aliphatic rings. The fraction of sp³-hybridized carbons (Fsp3) is 0.500. The van der Waals surface area contributed by atoms with Crippen molar-refractivity contribution in [1.29, 1.82) is 0 Å². The van der Waals surface area contributed by atoms with E-state index in [-0.39, 0.29) is 12.2 Å². The van der Waals surface area contributed by atoms with Crippen LogP contribution in [-0.4, -0.2) is 17.8 Å². The molecule has 0 amide bonds. The predicted molar refractivity (Wildman–Crippen MR) is 62.8 cm³/mol. The molecule has 1 aromatic rings. The molecular formula is C12H15BrO2. The van der Waals surface area contributed by atoms with Crippen LogP contribution in [0, 0.1) is 6.92 Å². The zero-order valence-electron chi connectivity index (χ0n) is 8.74. The molecule has 1 aliphatic heterocycles. The highest BCUT2D eigenvalue weighted by molar-refractivity contribution is 9.10. The van der Waals surface area contributed by atoms with Gasteiger partial charge in [0.15, 0.2) is 0 Å². The molecule has 1 aromatic carbocycles. The average molecular weight is 271 g/mol. The molecule has 0 saturated carbocycles. The Morgan fingerprint density at radius 1 is 1.40 bits per heavy atom. The molecule has 2 atom stereocenters. The van der Waals surface area contributed by atoms with E-state index in [1.807, 2.05) is 0 Å². The Labute approximate surface area is 98.4 Å². The number of benzene rings is 1. The summed E-state index contributed by atoms with van der Waals surface area (Å²) in [5, 5.41) is 9.59. The molecule has 82 valence electrons. The average Bonchev–Trinajstić information content (AvgIpc) is 2.16. The third-order valence-electron chi connectivity index (χ3n) is 2.69. The van der Waals surface area contributed by atoms with Gasteiger partial charge in [0.2, 0.25) is 0 Å². The van der Waals surface area contributed by atoms with Crippen molar-refractivity contribution in [3.63, 3.8) is 0 Å². The molecule has 1 saturated heterocycles. The lowest BCUT2D eigenvalue weighted by Crippen LogP contribution is -2.23. The number of halogens is 1. The number of hydrogen-bond acceptors (Lipinski definition) is 2. The lowest BCUT2D eigenvalue weighted by atomic mass is 9.98. The molecule has 0 aromatic heterocycles. The topological polar surface area (TPSA) is 29.5 Å². The van der Waals surface area contributed by atoms with E-state index in [9.17, 15) is 5.11 Å². The van der Waals surface area contributed by atoms with Gasteiger partial charge in [0, 0.05) is 17.5 Å². The lowest BCUT2D eigenvalue weighted by molar-refractivity contribution is -0.0448. The molecule has 2 nitrogen and oxygen atoms in total. The van der Waals surface area contributed by atoms with E-state index in [1.165, 1.54) is 5.56 Å². The van der Waals surface area contributed by atoms with E-state index >= 15 is 0 Å². The van der Waals surface area contributed by atoms with E-state index in [0.717, 1.165) is 16.5 Å². The van der Waals surface area contributed by atoms with Crippen LogP contribution < -0.4 is 0 Å². The molecule has 2 rings (SSSR count). The summed E-state index contributed by atoms with van der Waals surface area (Å²) in [4.78, 5) is 0.